The maximum Gasteiger partial charge on any atom is 0.227 e. The van der Waals surface area contributed by atoms with Crippen LogP contribution >= 0.6 is 0 Å². The van der Waals surface area contributed by atoms with Gasteiger partial charge in [0.15, 0.2) is 0 Å². The van der Waals surface area contributed by atoms with Crippen LogP contribution in [0, 0.1) is 5.92 Å². The number of nitrogens with zero attached hydrogens (tertiary/aromatic N) is 1. The molecule has 2 aliphatic rings. The van der Waals surface area contributed by atoms with Crippen molar-refractivity contribution < 1.29 is 14.3 Å². The van der Waals surface area contributed by atoms with Crippen molar-refractivity contribution in [1.82, 2.24) is 5.32 Å². The summed E-state index contributed by atoms with van der Waals surface area (Å²) in [5, 5.41) is 3.10. The zero-order chi connectivity index (χ0) is 16.2. The standard InChI is InChI=1S/C18H24N2O3/c1-2-23-16-9-7-15(8-10-16)20-12-13(11-17(20)21)18(22)19-14-5-3-4-6-14/h7-10,13-14H,2-6,11-12H2,1H3,(H,19,22)/t13-/m1/s1. The lowest BCUT2D eigenvalue weighted by Gasteiger charge is -2.18. The van der Waals surface area contributed by atoms with Crippen LogP contribution in [0.1, 0.15) is 39.0 Å². The van der Waals surface area contributed by atoms with Gasteiger partial charge in [-0.15, -0.1) is 0 Å². The van der Waals surface area contributed by atoms with E-state index in [-0.39, 0.29) is 17.7 Å². The molecule has 5 heteroatoms. The lowest BCUT2D eigenvalue weighted by atomic mass is 10.1. The number of anilines is 1. The van der Waals surface area contributed by atoms with Gasteiger partial charge in [0.05, 0.1) is 12.5 Å². The van der Waals surface area contributed by atoms with Crippen LogP contribution in [0.5, 0.6) is 5.75 Å². The van der Waals surface area contributed by atoms with Gasteiger partial charge in [-0.1, -0.05) is 12.8 Å². The molecule has 23 heavy (non-hydrogen) atoms. The minimum Gasteiger partial charge on any atom is -0.494 e. The zero-order valence-electron chi connectivity index (χ0n) is 13.6. The molecular weight excluding hydrogens is 292 g/mol. The van der Waals surface area contributed by atoms with Crippen LogP contribution in [0.4, 0.5) is 5.69 Å². The van der Waals surface area contributed by atoms with Gasteiger partial charge in [-0.3, -0.25) is 9.59 Å². The molecule has 0 radical (unpaired) electrons. The van der Waals surface area contributed by atoms with Gasteiger partial charge in [0.25, 0.3) is 0 Å². The highest BCUT2D eigenvalue weighted by Gasteiger charge is 2.36. The Labute approximate surface area is 137 Å². The second-order valence-electron chi connectivity index (χ2n) is 6.32. The Balaban J connectivity index is 1.61. The van der Waals surface area contributed by atoms with Crippen LogP contribution < -0.4 is 15.0 Å². The highest BCUT2D eigenvalue weighted by atomic mass is 16.5. The largest absolute Gasteiger partial charge is 0.494 e. The van der Waals surface area contributed by atoms with Gasteiger partial charge in [-0.05, 0) is 44.0 Å². The minimum absolute atomic E-state index is 0.0146. The smallest absolute Gasteiger partial charge is 0.227 e. The Morgan fingerprint density at radius 2 is 1.96 bits per heavy atom. The number of benzene rings is 1. The highest BCUT2D eigenvalue weighted by molar-refractivity contribution is 6.00. The van der Waals surface area contributed by atoms with Crippen molar-refractivity contribution in [1.29, 1.82) is 0 Å². The van der Waals surface area contributed by atoms with Crippen molar-refractivity contribution in [3.05, 3.63) is 24.3 Å². The van der Waals surface area contributed by atoms with E-state index in [2.05, 4.69) is 5.32 Å². The summed E-state index contributed by atoms with van der Waals surface area (Å²) in [6.07, 6.45) is 4.80. The Morgan fingerprint density at radius 3 is 2.61 bits per heavy atom. The van der Waals surface area contributed by atoms with Crippen molar-refractivity contribution in [3.63, 3.8) is 0 Å². The topological polar surface area (TPSA) is 58.6 Å². The Morgan fingerprint density at radius 1 is 1.26 bits per heavy atom. The van der Waals surface area contributed by atoms with Crippen LogP contribution in [0.2, 0.25) is 0 Å². The average Bonchev–Trinajstić information content (AvgIpc) is 3.18. The first kappa shape index (κ1) is 15.8. The third kappa shape index (κ3) is 3.66. The molecule has 1 aliphatic heterocycles. The van der Waals surface area contributed by atoms with Gasteiger partial charge < -0.3 is 15.0 Å². The fourth-order valence-corrected chi connectivity index (χ4v) is 3.41. The summed E-state index contributed by atoms with van der Waals surface area (Å²) in [4.78, 5) is 26.3. The van der Waals surface area contributed by atoms with E-state index in [0.717, 1.165) is 24.3 Å². The summed E-state index contributed by atoms with van der Waals surface area (Å²) in [5.41, 5.74) is 0.828. The molecule has 3 rings (SSSR count). The van der Waals surface area contributed by atoms with Gasteiger partial charge in [0.1, 0.15) is 5.75 Å². The van der Waals surface area contributed by atoms with Gasteiger partial charge >= 0.3 is 0 Å². The number of carbonyl (C=O) groups is 2. The molecule has 124 valence electrons. The van der Waals surface area contributed by atoms with E-state index in [4.69, 9.17) is 4.74 Å². The number of hydrogen-bond donors (Lipinski definition) is 1. The number of ether oxygens (including phenoxy) is 1. The van der Waals surface area contributed by atoms with Gasteiger partial charge in [0.2, 0.25) is 11.8 Å². The highest BCUT2D eigenvalue weighted by Crippen LogP contribution is 2.27. The maximum atomic E-state index is 12.4. The van der Waals surface area contributed by atoms with Gasteiger partial charge in [-0.2, -0.15) is 0 Å². The number of carbonyl (C=O) groups excluding carboxylic acids is 2. The number of rotatable bonds is 5. The molecule has 1 atom stereocenters. The van der Waals surface area contributed by atoms with Crippen LogP contribution in [0.15, 0.2) is 24.3 Å². The molecule has 0 bridgehead atoms. The molecule has 5 nitrogen and oxygen atoms in total. The predicted molar refractivity (Wildman–Crippen MR) is 88.5 cm³/mol. The average molecular weight is 316 g/mol. The van der Waals surface area contributed by atoms with E-state index >= 15 is 0 Å². The van der Waals surface area contributed by atoms with Crippen molar-refractivity contribution in [3.8, 4) is 5.75 Å². The fourth-order valence-electron chi connectivity index (χ4n) is 3.41. The third-order valence-electron chi connectivity index (χ3n) is 4.66. The molecule has 1 saturated heterocycles. The molecule has 0 aromatic heterocycles. The Bertz CT molecular complexity index is 564. The normalized spacial score (nSPS) is 21.7. The molecule has 1 aromatic rings. The van der Waals surface area contributed by atoms with E-state index < -0.39 is 0 Å². The number of amides is 2. The Hall–Kier alpha value is -2.04. The summed E-state index contributed by atoms with van der Waals surface area (Å²) < 4.78 is 5.42. The molecule has 2 amide bonds. The summed E-state index contributed by atoms with van der Waals surface area (Å²) in [5.74, 6) is 0.590. The SMILES string of the molecule is CCOc1ccc(N2C[C@H](C(=O)NC3CCCC3)CC2=O)cc1. The van der Waals surface area contributed by atoms with E-state index in [1.54, 1.807) is 4.90 Å². The van der Waals surface area contributed by atoms with E-state index in [1.807, 2.05) is 31.2 Å². The van der Waals surface area contributed by atoms with E-state index in [9.17, 15) is 9.59 Å². The van der Waals surface area contributed by atoms with Gasteiger partial charge in [-0.25, -0.2) is 0 Å². The summed E-state index contributed by atoms with van der Waals surface area (Å²) in [7, 11) is 0. The first-order valence-electron chi connectivity index (χ1n) is 8.51. The maximum absolute atomic E-state index is 12.4. The third-order valence-corrected chi connectivity index (χ3v) is 4.66. The molecule has 0 unspecified atom stereocenters. The van der Waals surface area contributed by atoms with Crippen molar-refractivity contribution in [2.45, 2.75) is 45.1 Å². The first-order valence-corrected chi connectivity index (χ1v) is 8.51. The number of nitrogens with one attached hydrogen (secondary N) is 1. The van der Waals surface area contributed by atoms with Crippen molar-refractivity contribution in [2.24, 2.45) is 5.92 Å². The minimum atomic E-state index is -0.241. The molecular formula is C18H24N2O3. The molecule has 0 spiro atoms. The predicted octanol–water partition coefficient (Wildman–Crippen LogP) is 2.50. The van der Waals surface area contributed by atoms with Crippen molar-refractivity contribution >= 4 is 17.5 Å². The van der Waals surface area contributed by atoms with Crippen LogP contribution in [0.3, 0.4) is 0 Å². The Kier molecular flexibility index (Phi) is 4.84. The molecule has 1 saturated carbocycles. The number of hydrogen-bond acceptors (Lipinski definition) is 3. The van der Waals surface area contributed by atoms with Crippen LogP contribution in [0.25, 0.3) is 0 Å². The molecule has 1 aromatic carbocycles. The summed E-state index contributed by atoms with van der Waals surface area (Å²) in [6.45, 7) is 3.02. The molecule has 1 N–H and O–H groups in total. The first-order chi connectivity index (χ1) is 11.2. The molecule has 1 heterocycles. The second-order valence-corrected chi connectivity index (χ2v) is 6.32. The van der Waals surface area contributed by atoms with Crippen LogP contribution in [-0.2, 0) is 9.59 Å². The summed E-state index contributed by atoms with van der Waals surface area (Å²) in [6, 6.07) is 7.77. The lowest BCUT2D eigenvalue weighted by Crippen LogP contribution is -2.38. The van der Waals surface area contributed by atoms with Gasteiger partial charge in [0, 0.05) is 24.7 Å². The quantitative estimate of drug-likeness (QED) is 0.908. The van der Waals surface area contributed by atoms with Crippen molar-refractivity contribution in [2.75, 3.05) is 18.1 Å². The second kappa shape index (κ2) is 7.02. The fraction of sp³-hybridized carbons (Fsp3) is 0.556. The molecule has 1 aliphatic carbocycles. The van der Waals surface area contributed by atoms with Crippen LogP contribution in [-0.4, -0.2) is 31.0 Å². The molecule has 2 fully saturated rings. The lowest BCUT2D eigenvalue weighted by molar-refractivity contribution is -0.126. The monoisotopic (exact) mass is 316 g/mol. The zero-order valence-corrected chi connectivity index (χ0v) is 13.6. The van der Waals surface area contributed by atoms with E-state index in [1.165, 1.54) is 12.8 Å². The summed E-state index contributed by atoms with van der Waals surface area (Å²) >= 11 is 0. The van der Waals surface area contributed by atoms with E-state index in [0.29, 0.717) is 25.6 Å².